The summed E-state index contributed by atoms with van der Waals surface area (Å²) in [6, 6.07) is 7.47. The topological polar surface area (TPSA) is 100 Å². The van der Waals surface area contributed by atoms with Crippen molar-refractivity contribution in [2.75, 3.05) is 0 Å². The Hall–Kier alpha value is -2.50. The lowest BCUT2D eigenvalue weighted by Gasteiger charge is -2.27. The quantitative estimate of drug-likeness (QED) is 0.696. The molecule has 1 aromatic carbocycles. The van der Waals surface area contributed by atoms with E-state index in [0.29, 0.717) is 12.8 Å². The molecular formula is C17H22N4O2. The fourth-order valence-electron chi connectivity index (χ4n) is 3.29. The number of urea groups is 1. The number of H-pyrrole nitrogens is 1. The van der Waals surface area contributed by atoms with Gasteiger partial charge >= 0.3 is 6.03 Å². The van der Waals surface area contributed by atoms with E-state index in [-0.39, 0.29) is 12.1 Å². The molecule has 3 rings (SSSR count). The molecule has 23 heavy (non-hydrogen) atoms. The van der Waals surface area contributed by atoms with Gasteiger partial charge in [-0.05, 0) is 48.9 Å². The van der Waals surface area contributed by atoms with Crippen molar-refractivity contribution >= 4 is 22.8 Å². The lowest BCUT2D eigenvalue weighted by molar-refractivity contribution is -0.123. The molecule has 1 atom stereocenters. The average molecular weight is 314 g/mol. The van der Waals surface area contributed by atoms with Crippen LogP contribution in [0.15, 0.2) is 30.5 Å². The summed E-state index contributed by atoms with van der Waals surface area (Å²) in [6.45, 7) is 1.92. The molecule has 1 fully saturated rings. The average Bonchev–Trinajstić information content (AvgIpc) is 3.15. The highest BCUT2D eigenvalue weighted by Crippen LogP contribution is 2.29. The van der Waals surface area contributed by atoms with E-state index in [2.05, 4.69) is 15.6 Å². The second-order valence-corrected chi connectivity index (χ2v) is 6.30. The zero-order valence-electron chi connectivity index (χ0n) is 13.2. The minimum Gasteiger partial charge on any atom is -0.368 e. The Morgan fingerprint density at radius 3 is 2.70 bits per heavy atom. The number of hydrogen-bond acceptors (Lipinski definition) is 2. The maximum atomic E-state index is 12.3. The number of carbonyl (C=O) groups excluding carboxylic acids is 2. The van der Waals surface area contributed by atoms with Crippen LogP contribution in [-0.2, 0) is 4.79 Å². The van der Waals surface area contributed by atoms with Crippen LogP contribution in [0.2, 0.25) is 0 Å². The van der Waals surface area contributed by atoms with E-state index in [1.165, 1.54) is 0 Å². The molecule has 0 radical (unpaired) electrons. The number of hydrogen-bond donors (Lipinski definition) is 4. The van der Waals surface area contributed by atoms with Gasteiger partial charge in [0.1, 0.15) is 5.54 Å². The van der Waals surface area contributed by atoms with Crippen LogP contribution in [-0.4, -0.2) is 22.5 Å². The van der Waals surface area contributed by atoms with E-state index in [1.807, 2.05) is 37.4 Å². The number of fused-ring (bicyclic) bond motifs is 1. The Morgan fingerprint density at radius 1 is 1.26 bits per heavy atom. The molecule has 0 saturated heterocycles. The number of benzene rings is 1. The molecule has 0 bridgehead atoms. The molecule has 6 heteroatoms. The summed E-state index contributed by atoms with van der Waals surface area (Å²) < 4.78 is 0. The Morgan fingerprint density at radius 2 is 2.00 bits per heavy atom. The molecule has 2 aromatic rings. The number of rotatable bonds is 4. The second kappa shape index (κ2) is 5.95. The lowest BCUT2D eigenvalue weighted by atomic mass is 9.97. The number of aromatic amines is 1. The predicted octanol–water partition coefficient (Wildman–Crippen LogP) is 2.33. The van der Waals surface area contributed by atoms with Crippen molar-refractivity contribution in [3.05, 3.63) is 36.0 Å². The third kappa shape index (κ3) is 3.02. The van der Waals surface area contributed by atoms with Crippen molar-refractivity contribution in [1.82, 2.24) is 15.6 Å². The normalized spacial score (nSPS) is 17.8. The van der Waals surface area contributed by atoms with Crippen LogP contribution >= 0.6 is 0 Å². The first-order valence-corrected chi connectivity index (χ1v) is 7.96. The van der Waals surface area contributed by atoms with Crippen molar-refractivity contribution in [3.8, 4) is 0 Å². The van der Waals surface area contributed by atoms with E-state index in [1.54, 1.807) is 0 Å². The highest BCUT2D eigenvalue weighted by atomic mass is 16.2. The van der Waals surface area contributed by atoms with Gasteiger partial charge in [0.15, 0.2) is 0 Å². The number of carbonyl (C=O) groups is 2. The number of nitrogens with one attached hydrogen (secondary N) is 3. The SMILES string of the molecule is CC(NC(=O)NC1(C(N)=O)CCCC1)c1ccc2[nH]ccc2c1. The molecule has 1 aromatic heterocycles. The summed E-state index contributed by atoms with van der Waals surface area (Å²) in [4.78, 5) is 27.1. The molecule has 0 aliphatic heterocycles. The molecule has 1 unspecified atom stereocenters. The molecule has 122 valence electrons. The molecule has 5 N–H and O–H groups in total. The maximum absolute atomic E-state index is 12.3. The fourth-order valence-corrected chi connectivity index (χ4v) is 3.29. The van der Waals surface area contributed by atoms with Crippen LogP contribution in [0, 0.1) is 0 Å². The Bertz CT molecular complexity index is 731. The van der Waals surface area contributed by atoms with Crippen LogP contribution in [0.3, 0.4) is 0 Å². The second-order valence-electron chi connectivity index (χ2n) is 6.30. The highest BCUT2D eigenvalue weighted by molar-refractivity contribution is 5.90. The van der Waals surface area contributed by atoms with Gasteiger partial charge in [-0.25, -0.2) is 4.79 Å². The molecule has 0 spiro atoms. The number of amides is 3. The van der Waals surface area contributed by atoms with Gasteiger partial charge in [-0.1, -0.05) is 18.9 Å². The highest BCUT2D eigenvalue weighted by Gasteiger charge is 2.41. The van der Waals surface area contributed by atoms with Crippen molar-refractivity contribution in [2.24, 2.45) is 5.73 Å². The van der Waals surface area contributed by atoms with Crippen molar-refractivity contribution in [2.45, 2.75) is 44.2 Å². The van der Waals surface area contributed by atoms with Gasteiger partial charge in [0.25, 0.3) is 0 Å². The summed E-state index contributed by atoms with van der Waals surface area (Å²) >= 11 is 0. The zero-order chi connectivity index (χ0) is 16.4. The van der Waals surface area contributed by atoms with Crippen molar-refractivity contribution < 1.29 is 9.59 Å². The Balaban J connectivity index is 1.68. The van der Waals surface area contributed by atoms with Gasteiger partial charge in [0, 0.05) is 11.7 Å². The van der Waals surface area contributed by atoms with Crippen LogP contribution in [0.4, 0.5) is 4.79 Å². The summed E-state index contributed by atoms with van der Waals surface area (Å²) in [5, 5.41) is 6.78. The smallest absolute Gasteiger partial charge is 0.316 e. The molecule has 1 heterocycles. The predicted molar refractivity (Wildman–Crippen MR) is 88.8 cm³/mol. The summed E-state index contributed by atoms with van der Waals surface area (Å²) in [7, 11) is 0. The first-order valence-electron chi connectivity index (χ1n) is 7.96. The van der Waals surface area contributed by atoms with Crippen LogP contribution < -0.4 is 16.4 Å². The first kappa shape index (κ1) is 15.4. The van der Waals surface area contributed by atoms with Gasteiger partial charge < -0.3 is 21.4 Å². The van der Waals surface area contributed by atoms with Gasteiger partial charge in [-0.15, -0.1) is 0 Å². The number of nitrogens with two attached hydrogens (primary N) is 1. The number of primary amides is 1. The largest absolute Gasteiger partial charge is 0.368 e. The van der Waals surface area contributed by atoms with Crippen molar-refractivity contribution in [3.63, 3.8) is 0 Å². The van der Waals surface area contributed by atoms with E-state index >= 15 is 0 Å². The van der Waals surface area contributed by atoms with Crippen LogP contribution in [0.25, 0.3) is 10.9 Å². The Kier molecular flexibility index (Phi) is 3.98. The molecule has 1 aliphatic rings. The monoisotopic (exact) mass is 314 g/mol. The van der Waals surface area contributed by atoms with E-state index in [4.69, 9.17) is 5.73 Å². The fraction of sp³-hybridized carbons (Fsp3) is 0.412. The van der Waals surface area contributed by atoms with Gasteiger partial charge in [-0.3, -0.25) is 4.79 Å². The van der Waals surface area contributed by atoms with E-state index in [0.717, 1.165) is 29.3 Å². The van der Waals surface area contributed by atoms with Crippen LogP contribution in [0.5, 0.6) is 0 Å². The Labute approximate surface area is 134 Å². The third-order valence-corrected chi connectivity index (χ3v) is 4.71. The minimum atomic E-state index is -0.894. The molecule has 3 amide bonds. The summed E-state index contributed by atoms with van der Waals surface area (Å²) in [5.41, 5.74) is 6.66. The van der Waals surface area contributed by atoms with Crippen molar-refractivity contribution in [1.29, 1.82) is 0 Å². The third-order valence-electron chi connectivity index (χ3n) is 4.71. The van der Waals surface area contributed by atoms with E-state index < -0.39 is 11.4 Å². The summed E-state index contributed by atoms with van der Waals surface area (Å²) in [5.74, 6) is -0.452. The summed E-state index contributed by atoms with van der Waals surface area (Å²) in [6.07, 6.45) is 4.92. The standard InChI is InChI=1S/C17H22N4O2/c1-11(12-4-5-14-13(10-12)6-9-19-14)20-16(23)21-17(15(18)22)7-2-3-8-17/h4-6,9-11,19H,2-3,7-8H2,1H3,(H2,18,22)(H2,20,21,23). The molecule has 1 saturated carbocycles. The first-order chi connectivity index (χ1) is 11.0. The lowest BCUT2D eigenvalue weighted by Crippen LogP contribution is -2.58. The minimum absolute atomic E-state index is 0.166. The molecule has 6 nitrogen and oxygen atoms in total. The van der Waals surface area contributed by atoms with Crippen LogP contribution in [0.1, 0.15) is 44.2 Å². The van der Waals surface area contributed by atoms with Gasteiger partial charge in [0.2, 0.25) is 5.91 Å². The van der Waals surface area contributed by atoms with E-state index in [9.17, 15) is 9.59 Å². The maximum Gasteiger partial charge on any atom is 0.316 e. The van der Waals surface area contributed by atoms with Gasteiger partial charge in [-0.2, -0.15) is 0 Å². The molecule has 1 aliphatic carbocycles. The number of aromatic nitrogens is 1. The molecular weight excluding hydrogens is 292 g/mol. The zero-order valence-corrected chi connectivity index (χ0v) is 13.2. The van der Waals surface area contributed by atoms with Gasteiger partial charge in [0.05, 0.1) is 6.04 Å².